The third-order valence-electron chi connectivity index (χ3n) is 9.76. The van der Waals surface area contributed by atoms with Crippen molar-refractivity contribution in [3.05, 3.63) is 83.7 Å². The van der Waals surface area contributed by atoms with E-state index in [1.807, 2.05) is 42.6 Å². The molecule has 0 fully saturated rings. The Balaban J connectivity index is 1.81. The van der Waals surface area contributed by atoms with Gasteiger partial charge in [-0.25, -0.2) is 18.4 Å². The number of nitrogens with one attached hydrogen (secondary N) is 2. The number of thioether (sulfide) groups is 1. The summed E-state index contributed by atoms with van der Waals surface area (Å²) in [5.41, 5.74) is 8.30. The number of carbonyl (C=O) groups excluding carboxylic acids is 3. The van der Waals surface area contributed by atoms with Crippen LogP contribution in [0.15, 0.2) is 60.8 Å². The maximum Gasteiger partial charge on any atom is 0.407 e. The molecule has 0 saturated carbocycles. The van der Waals surface area contributed by atoms with Gasteiger partial charge in [0, 0.05) is 89.8 Å². The molecule has 15 heteroatoms. The van der Waals surface area contributed by atoms with Gasteiger partial charge in [-0.05, 0) is 53.8 Å². The standard InChI is InChI=1S/C44H69F2N5O5SSi2/c1-44(2,3)41(39-28-34(36-29-35(45)16-17-37(36)46)32-51(39)31-33-14-11-10-12-15-33)50(20-13-19-48-43(54)56-23-27-59(7,8)9)21-25-57-24-18-40(52)49-38(30-47)42(53)55-22-26-58(4,5)6/h10-12,14-17,28-29,32,38,41H,13,18-27,30-31,47H2,1-9H3,(H,48,54)(H,49,52)/t38?,41-/m0/s1. The summed E-state index contributed by atoms with van der Waals surface area (Å²) in [6.07, 6.45) is 2.32. The molecule has 3 aromatic rings. The van der Waals surface area contributed by atoms with Crippen LogP contribution in [0.2, 0.25) is 51.4 Å². The van der Waals surface area contributed by atoms with Crippen molar-refractivity contribution >= 4 is 45.9 Å². The molecule has 2 amide bonds. The van der Waals surface area contributed by atoms with E-state index < -0.39 is 45.9 Å². The van der Waals surface area contributed by atoms with Crippen molar-refractivity contribution in [3.63, 3.8) is 0 Å². The van der Waals surface area contributed by atoms with Crippen LogP contribution in [0.25, 0.3) is 11.1 Å². The third kappa shape index (κ3) is 18.3. The molecule has 59 heavy (non-hydrogen) atoms. The van der Waals surface area contributed by atoms with Crippen molar-refractivity contribution in [3.8, 4) is 11.1 Å². The number of hydrogen-bond acceptors (Lipinski definition) is 8. The zero-order chi connectivity index (χ0) is 43.8. The smallest absolute Gasteiger partial charge is 0.407 e. The highest BCUT2D eigenvalue weighted by molar-refractivity contribution is 7.99. The highest BCUT2D eigenvalue weighted by atomic mass is 32.2. The second-order valence-corrected chi connectivity index (χ2v) is 31.1. The molecule has 1 aromatic heterocycles. The van der Waals surface area contributed by atoms with E-state index in [0.29, 0.717) is 62.9 Å². The lowest BCUT2D eigenvalue weighted by Crippen LogP contribution is -2.47. The Morgan fingerprint density at radius 1 is 0.898 bits per heavy atom. The predicted octanol–water partition coefficient (Wildman–Crippen LogP) is 8.77. The molecule has 0 saturated heterocycles. The molecule has 4 N–H and O–H groups in total. The van der Waals surface area contributed by atoms with Gasteiger partial charge in [0.25, 0.3) is 0 Å². The summed E-state index contributed by atoms with van der Waals surface area (Å²) in [5, 5.41) is 5.65. The highest BCUT2D eigenvalue weighted by Gasteiger charge is 2.35. The Kier molecular flexibility index (Phi) is 19.8. The monoisotopic (exact) mass is 873 g/mol. The summed E-state index contributed by atoms with van der Waals surface area (Å²) >= 11 is 1.63. The van der Waals surface area contributed by atoms with Crippen molar-refractivity contribution in [1.82, 2.24) is 20.1 Å². The zero-order valence-electron chi connectivity index (χ0n) is 36.8. The van der Waals surface area contributed by atoms with Gasteiger partial charge >= 0.3 is 12.1 Å². The average Bonchev–Trinajstić information content (AvgIpc) is 3.53. The maximum atomic E-state index is 15.2. The fraction of sp³-hybridized carbons (Fsp3) is 0.568. The Morgan fingerprint density at radius 3 is 2.19 bits per heavy atom. The lowest BCUT2D eigenvalue weighted by molar-refractivity contribution is -0.147. The van der Waals surface area contributed by atoms with Gasteiger partial charge in [-0.15, -0.1) is 0 Å². The second-order valence-electron chi connectivity index (χ2n) is 18.6. The van der Waals surface area contributed by atoms with Gasteiger partial charge in [0.2, 0.25) is 5.91 Å². The summed E-state index contributed by atoms with van der Waals surface area (Å²) < 4.78 is 42.7. The van der Waals surface area contributed by atoms with Crippen LogP contribution in [0.4, 0.5) is 13.6 Å². The van der Waals surface area contributed by atoms with E-state index in [1.165, 1.54) is 6.07 Å². The minimum Gasteiger partial charge on any atom is -0.464 e. The lowest BCUT2D eigenvalue weighted by atomic mass is 9.83. The lowest BCUT2D eigenvalue weighted by Gasteiger charge is -2.41. The first-order valence-corrected chi connectivity index (χ1v) is 29.3. The molecule has 2 atom stereocenters. The molecule has 0 aliphatic rings. The summed E-state index contributed by atoms with van der Waals surface area (Å²) in [5.74, 6) is -0.571. The molecular formula is C44H69F2N5O5SSi2. The van der Waals surface area contributed by atoms with Crippen LogP contribution in [-0.2, 0) is 25.6 Å². The number of alkyl carbamates (subject to hydrolysis) is 1. The number of esters is 1. The van der Waals surface area contributed by atoms with Crippen LogP contribution in [0.1, 0.15) is 50.9 Å². The normalized spacial score (nSPS) is 13.2. The molecule has 0 aliphatic carbocycles. The minimum absolute atomic E-state index is 0.0432. The summed E-state index contributed by atoms with van der Waals surface area (Å²) in [6.45, 7) is 22.7. The first kappa shape index (κ1) is 49.9. The van der Waals surface area contributed by atoms with E-state index in [4.69, 9.17) is 15.2 Å². The summed E-state index contributed by atoms with van der Waals surface area (Å²) in [7, 11) is -2.73. The molecule has 1 heterocycles. The van der Waals surface area contributed by atoms with Crippen molar-refractivity contribution < 1.29 is 32.6 Å². The zero-order valence-corrected chi connectivity index (χ0v) is 39.6. The molecule has 10 nitrogen and oxygen atoms in total. The fourth-order valence-electron chi connectivity index (χ4n) is 6.55. The van der Waals surface area contributed by atoms with E-state index in [9.17, 15) is 18.8 Å². The molecule has 0 spiro atoms. The number of rotatable bonds is 24. The molecule has 0 aliphatic heterocycles. The topological polar surface area (TPSA) is 128 Å². The van der Waals surface area contributed by atoms with E-state index in [0.717, 1.165) is 35.5 Å². The van der Waals surface area contributed by atoms with Gasteiger partial charge in [0.15, 0.2) is 0 Å². The number of nitrogens with two attached hydrogens (primary N) is 1. The second kappa shape index (κ2) is 23.5. The molecule has 2 aromatic carbocycles. The number of aromatic nitrogens is 1. The van der Waals surface area contributed by atoms with E-state index in [-0.39, 0.29) is 35.9 Å². The Bertz CT molecular complexity index is 1780. The first-order valence-electron chi connectivity index (χ1n) is 20.7. The van der Waals surface area contributed by atoms with Gasteiger partial charge in [-0.3, -0.25) is 9.69 Å². The van der Waals surface area contributed by atoms with Crippen molar-refractivity contribution in [1.29, 1.82) is 0 Å². The number of nitrogens with zero attached hydrogens (tertiary/aromatic N) is 2. The van der Waals surface area contributed by atoms with Gasteiger partial charge < -0.3 is 30.4 Å². The fourth-order valence-corrected chi connectivity index (χ4v) is 8.88. The van der Waals surface area contributed by atoms with E-state index in [2.05, 4.69) is 80.2 Å². The van der Waals surface area contributed by atoms with Crippen LogP contribution >= 0.6 is 11.8 Å². The molecular weight excluding hydrogens is 805 g/mol. The van der Waals surface area contributed by atoms with Crippen LogP contribution in [-0.4, -0.2) is 101 Å². The van der Waals surface area contributed by atoms with Crippen LogP contribution in [0.5, 0.6) is 0 Å². The van der Waals surface area contributed by atoms with Gasteiger partial charge in [-0.2, -0.15) is 11.8 Å². The predicted molar refractivity (Wildman–Crippen MR) is 243 cm³/mol. The van der Waals surface area contributed by atoms with Crippen LogP contribution in [0, 0.1) is 17.0 Å². The van der Waals surface area contributed by atoms with Crippen molar-refractivity contribution in [2.45, 2.75) is 104 Å². The van der Waals surface area contributed by atoms with E-state index >= 15 is 4.39 Å². The van der Waals surface area contributed by atoms with Crippen LogP contribution < -0.4 is 16.4 Å². The Hall–Kier alpha value is -3.51. The molecule has 0 radical (unpaired) electrons. The Labute approximate surface area is 357 Å². The van der Waals surface area contributed by atoms with E-state index in [1.54, 1.807) is 11.8 Å². The largest absolute Gasteiger partial charge is 0.464 e. The number of carbonyl (C=O) groups is 3. The van der Waals surface area contributed by atoms with Gasteiger partial charge in [-0.1, -0.05) is 90.4 Å². The summed E-state index contributed by atoms with van der Waals surface area (Å²) in [6, 6.07) is 16.2. The molecule has 328 valence electrons. The van der Waals surface area contributed by atoms with Crippen LogP contribution in [0.3, 0.4) is 0 Å². The third-order valence-corrected chi connectivity index (χ3v) is 14.1. The molecule has 1 unspecified atom stereocenters. The van der Waals surface area contributed by atoms with Crippen molar-refractivity contribution in [2.75, 3.05) is 50.9 Å². The number of benzene rings is 2. The number of halogens is 2. The Morgan fingerprint density at radius 2 is 1.56 bits per heavy atom. The van der Waals surface area contributed by atoms with Gasteiger partial charge in [0.1, 0.15) is 17.7 Å². The quantitative estimate of drug-likeness (QED) is 0.0464. The van der Waals surface area contributed by atoms with Crippen molar-refractivity contribution in [2.24, 2.45) is 11.1 Å². The number of hydrogen-bond donors (Lipinski definition) is 3. The SMILES string of the molecule is CC(C)(C)[C@H](c1cc(-c2cc(F)ccc2F)cn1Cc1ccccc1)N(CCCNC(=O)OCC[Si](C)(C)C)CCSCCC(=O)NC(CN)C(=O)OCC[Si](C)(C)C. The highest BCUT2D eigenvalue weighted by Crippen LogP contribution is 2.41. The molecule has 0 bridgehead atoms. The molecule has 3 rings (SSSR count). The minimum atomic E-state index is -1.38. The average molecular weight is 874 g/mol. The summed E-state index contributed by atoms with van der Waals surface area (Å²) in [4.78, 5) is 40.4. The number of amides is 2. The maximum absolute atomic E-state index is 15.2. The number of ether oxygens (including phenoxy) is 2. The first-order chi connectivity index (χ1) is 27.7. The van der Waals surface area contributed by atoms with Gasteiger partial charge in [0.05, 0.1) is 19.3 Å².